The van der Waals surface area contributed by atoms with Gasteiger partial charge in [-0.3, -0.25) is 0 Å². The number of hydrogen-bond acceptors (Lipinski definition) is 0. The van der Waals surface area contributed by atoms with E-state index in [1.54, 1.807) is 0 Å². The van der Waals surface area contributed by atoms with Gasteiger partial charge in [-0.05, 0) is 0 Å². The third kappa shape index (κ3) is 0.818. The summed E-state index contributed by atoms with van der Waals surface area (Å²) in [6.07, 6.45) is 2.66. The minimum Gasteiger partial charge on any atom is -0.512 e. The van der Waals surface area contributed by atoms with Crippen molar-refractivity contribution in [3.8, 4) is 0 Å². The molecule has 2 heteroatoms. The van der Waals surface area contributed by atoms with Crippen molar-refractivity contribution in [3.63, 3.8) is 0 Å². The fourth-order valence-electron chi connectivity index (χ4n) is 0.655. The summed E-state index contributed by atoms with van der Waals surface area (Å²) < 4.78 is 2.82. The monoisotopic (exact) mass is 100 g/mol. The van der Waals surface area contributed by atoms with Gasteiger partial charge in [0.25, 0.3) is 0 Å². The van der Waals surface area contributed by atoms with Crippen LogP contribution in [-0.4, -0.2) is 23.7 Å². The molecule has 1 aliphatic heterocycles. The molecule has 33 valence electrons. The van der Waals surface area contributed by atoms with Gasteiger partial charge in [0.1, 0.15) is 13.2 Å². The molecule has 1 fully saturated rings. The second kappa shape index (κ2) is 1.75. The number of hydrogen-bond donors (Lipinski definition) is 0. The van der Waals surface area contributed by atoms with E-state index in [0.29, 0.717) is 0 Å². The maximum Gasteiger partial charge on any atom is 0.622 e. The molecule has 1 nitrogen and oxygen atoms in total. The molecule has 6 heavy (non-hydrogen) atoms. The molecule has 1 saturated heterocycles. The molecule has 0 bridgehead atoms. The summed E-state index contributed by atoms with van der Waals surface area (Å²) in [5.41, 5.74) is 0. The molecule has 1 heterocycles. The number of rotatable bonds is 0. The van der Waals surface area contributed by atoms with E-state index >= 15 is 0 Å². The Labute approximate surface area is 41.6 Å². The summed E-state index contributed by atoms with van der Waals surface area (Å²) in [5.74, 6) is 0. The lowest BCUT2D eigenvalue weighted by Gasteiger charge is -2.00. The minimum absolute atomic E-state index is 1.15. The van der Waals surface area contributed by atoms with E-state index in [0.717, 1.165) is 13.2 Å². The van der Waals surface area contributed by atoms with Crippen molar-refractivity contribution in [2.75, 3.05) is 13.2 Å². The van der Waals surface area contributed by atoms with Crippen LogP contribution in [0, 0.1) is 0 Å². The Morgan fingerprint density at radius 3 is 1.83 bits per heavy atom. The Balaban J connectivity index is 2.18. The maximum atomic E-state index is 3.33. The van der Waals surface area contributed by atoms with E-state index < -0.39 is 0 Å². The van der Waals surface area contributed by atoms with Crippen molar-refractivity contribution in [1.82, 2.24) is 0 Å². The van der Waals surface area contributed by atoms with Crippen molar-refractivity contribution in [1.29, 1.82) is 0 Å². The van der Waals surface area contributed by atoms with E-state index in [-0.39, 0.29) is 0 Å². The fourth-order valence-corrected chi connectivity index (χ4v) is 0.943. The molecule has 0 atom stereocenters. The predicted molar refractivity (Wildman–Crippen MR) is 25.8 cm³/mol. The first-order valence-corrected chi connectivity index (χ1v) is 2.69. The average molecular weight is 100 g/mol. The van der Waals surface area contributed by atoms with Gasteiger partial charge in [-0.2, -0.15) is 0 Å². The molecule has 3 radical (unpaired) electrons. The van der Waals surface area contributed by atoms with Crippen LogP contribution in [0.15, 0.2) is 0 Å². The summed E-state index contributed by atoms with van der Waals surface area (Å²) in [4.78, 5) is 0. The molecule has 0 saturated carbocycles. The highest BCUT2D eigenvalue weighted by molar-refractivity contribution is 5.99. The molecule has 0 N–H and O–H groups in total. The first-order valence-electron chi connectivity index (χ1n) is 2.28. The molecule has 0 aromatic rings. The van der Waals surface area contributed by atoms with Gasteiger partial charge < -0.3 is 4.06 Å². The van der Waals surface area contributed by atoms with Gasteiger partial charge in [-0.25, -0.2) is 0 Å². The van der Waals surface area contributed by atoms with Gasteiger partial charge in [-0.15, -0.1) is 0 Å². The van der Waals surface area contributed by atoms with E-state index in [1.807, 2.05) is 0 Å². The van der Waals surface area contributed by atoms with Crippen molar-refractivity contribution in [2.45, 2.75) is 12.8 Å². The van der Waals surface area contributed by atoms with Crippen molar-refractivity contribution < 1.29 is 4.06 Å². The van der Waals surface area contributed by atoms with Gasteiger partial charge in [0, 0.05) is 12.8 Å². The van der Waals surface area contributed by atoms with Gasteiger partial charge in [0.05, 0.1) is 0 Å². The summed E-state index contributed by atoms with van der Waals surface area (Å²) >= 11 is 0. The van der Waals surface area contributed by atoms with Crippen molar-refractivity contribution in [2.24, 2.45) is 0 Å². The van der Waals surface area contributed by atoms with Crippen molar-refractivity contribution >= 4 is 10.5 Å². The Bertz CT molecular complexity index is 40.8. The van der Waals surface area contributed by atoms with Gasteiger partial charge >= 0.3 is 10.5 Å². The van der Waals surface area contributed by atoms with E-state index in [1.165, 1.54) is 12.8 Å². The highest BCUT2D eigenvalue weighted by Crippen LogP contribution is 2.06. The summed E-state index contributed by atoms with van der Waals surface area (Å²) in [7, 11) is 3.33. The van der Waals surface area contributed by atoms with E-state index in [9.17, 15) is 0 Å². The second-order valence-electron chi connectivity index (χ2n) is 1.61. The Kier molecular flexibility index (Phi) is 1.27. The minimum atomic E-state index is 1.15. The molecule has 1 aliphatic rings. The fraction of sp³-hybridized carbons (Fsp3) is 1.00. The lowest BCUT2D eigenvalue weighted by molar-refractivity contribution is 0.0726. The molecule has 0 aliphatic carbocycles. The van der Waals surface area contributed by atoms with Crippen LogP contribution < -0.4 is 0 Å². The third-order valence-electron chi connectivity index (χ3n) is 1.03. The Morgan fingerprint density at radius 2 is 1.67 bits per heavy atom. The molecule has 0 aromatic heterocycles. The van der Waals surface area contributed by atoms with Gasteiger partial charge in [0.15, 0.2) is 0 Å². The summed E-state index contributed by atoms with van der Waals surface area (Å²) in [6.45, 7) is 2.30. The van der Waals surface area contributed by atoms with Crippen LogP contribution in [0.2, 0.25) is 0 Å². The molecular weight excluding hydrogens is 92.1 g/mol. The lowest BCUT2D eigenvalue weighted by Crippen LogP contribution is -2.02. The zero-order valence-corrected chi connectivity index (χ0v) is 4.74. The average Bonchev–Trinajstić information content (AvgIpc) is 1.86. The van der Waals surface area contributed by atoms with Gasteiger partial charge in [0.2, 0.25) is 0 Å². The SMILES string of the molecule is [Si][O+]1CCCC1. The molecule has 0 aromatic carbocycles. The first kappa shape index (κ1) is 4.34. The highest BCUT2D eigenvalue weighted by Gasteiger charge is 2.10. The van der Waals surface area contributed by atoms with E-state index in [2.05, 4.69) is 14.5 Å². The summed E-state index contributed by atoms with van der Waals surface area (Å²) in [6, 6.07) is 0. The maximum absolute atomic E-state index is 3.33. The van der Waals surface area contributed by atoms with Crippen LogP contribution >= 0.6 is 0 Å². The highest BCUT2D eigenvalue weighted by atomic mass is 28.2. The molecule has 0 spiro atoms. The Hall–Kier alpha value is 0.177. The summed E-state index contributed by atoms with van der Waals surface area (Å²) in [5, 5.41) is 0. The molecule has 1 rings (SSSR count). The zero-order chi connectivity index (χ0) is 4.41. The van der Waals surface area contributed by atoms with Crippen LogP contribution in [0.4, 0.5) is 0 Å². The van der Waals surface area contributed by atoms with Crippen LogP contribution in [0.1, 0.15) is 12.8 Å². The zero-order valence-electron chi connectivity index (χ0n) is 3.74. The van der Waals surface area contributed by atoms with Crippen molar-refractivity contribution in [3.05, 3.63) is 0 Å². The van der Waals surface area contributed by atoms with Crippen LogP contribution in [0.3, 0.4) is 0 Å². The smallest absolute Gasteiger partial charge is 0.512 e. The van der Waals surface area contributed by atoms with Crippen LogP contribution in [-0.2, 0) is 4.06 Å². The third-order valence-corrected chi connectivity index (χ3v) is 1.44. The standard InChI is InChI=1S/C4H8OSi/c6-5-3-1-2-4-5/h1-4H2/q+1. The lowest BCUT2D eigenvalue weighted by atomic mass is 10.4. The molecule has 0 unspecified atom stereocenters. The Morgan fingerprint density at radius 1 is 1.17 bits per heavy atom. The largest absolute Gasteiger partial charge is 0.622 e. The van der Waals surface area contributed by atoms with Crippen LogP contribution in [0.5, 0.6) is 0 Å². The molecule has 0 amide bonds. The second-order valence-corrected chi connectivity index (χ2v) is 2.19. The predicted octanol–water partition coefficient (Wildman–Crippen LogP) is 0.416. The topological polar surface area (TPSA) is 2.70 Å². The normalized spacial score (nSPS) is 25.5. The van der Waals surface area contributed by atoms with Crippen LogP contribution in [0.25, 0.3) is 0 Å². The quantitative estimate of drug-likeness (QED) is 0.306. The van der Waals surface area contributed by atoms with Gasteiger partial charge in [-0.1, -0.05) is 0 Å². The molecular formula is C4H8OSi+. The first-order chi connectivity index (χ1) is 2.89. The van der Waals surface area contributed by atoms with E-state index in [4.69, 9.17) is 0 Å².